The minimum absolute atomic E-state index is 0.626. The third kappa shape index (κ3) is 11.4. The average Bonchev–Trinajstić information content (AvgIpc) is 3.90. The number of hydrogen-bond donors (Lipinski definition) is 0. The monoisotopic (exact) mass is 1010 g/mol. The second-order valence-corrected chi connectivity index (χ2v) is 27.5. The van der Waals surface area contributed by atoms with Crippen LogP contribution in [0.2, 0.25) is 12.6 Å². The Morgan fingerprint density at radius 1 is 0.515 bits per heavy atom. The molecule has 6 aromatic carbocycles. The van der Waals surface area contributed by atoms with Crippen LogP contribution in [-0.4, -0.2) is 9.52 Å². The van der Waals surface area contributed by atoms with Gasteiger partial charge in [-0.2, -0.15) is 12.1 Å². The van der Waals surface area contributed by atoms with Gasteiger partial charge in [-0.05, 0) is 171 Å². The minimum atomic E-state index is -0.826. The molecule has 8 aliphatic rings. The van der Waals surface area contributed by atoms with Crippen LogP contribution in [0.15, 0.2) is 109 Å². The van der Waals surface area contributed by atoms with Crippen LogP contribution in [0.25, 0.3) is 43.8 Å². The van der Waals surface area contributed by atoms with Gasteiger partial charge in [-0.15, -0.1) is 69.1 Å². The van der Waals surface area contributed by atoms with Crippen LogP contribution in [0.5, 0.6) is 0 Å². The molecule has 66 heavy (non-hydrogen) atoms. The van der Waals surface area contributed by atoms with E-state index < -0.39 is 20.8 Å². The van der Waals surface area contributed by atoms with Gasteiger partial charge in [0.2, 0.25) is 0 Å². The third-order valence-corrected chi connectivity index (χ3v) is 18.2. The number of aryl methyl sites for hydroxylation is 2. The molecule has 0 saturated heterocycles. The molecule has 0 amide bonds. The first-order chi connectivity index (χ1) is 32.2. The Kier molecular flexibility index (Phi) is 16.4. The van der Waals surface area contributed by atoms with Gasteiger partial charge in [0.25, 0.3) is 0 Å². The van der Waals surface area contributed by atoms with E-state index in [1.807, 2.05) is 0 Å². The van der Waals surface area contributed by atoms with Gasteiger partial charge in [0.1, 0.15) is 0 Å². The van der Waals surface area contributed by atoms with E-state index in [4.69, 9.17) is 17.0 Å². The summed E-state index contributed by atoms with van der Waals surface area (Å²) in [5.74, 6) is 6.27. The van der Waals surface area contributed by atoms with E-state index in [9.17, 15) is 0 Å². The molecule has 2 radical (unpaired) electrons. The molecule has 0 aromatic heterocycles. The van der Waals surface area contributed by atoms with Gasteiger partial charge in [0, 0.05) is 9.52 Å². The fourth-order valence-electron chi connectivity index (χ4n) is 15.7. The molecular formula is C62H76Cl2SiZr. The van der Waals surface area contributed by atoms with Crippen molar-refractivity contribution >= 4 is 48.1 Å². The molecule has 8 bridgehead atoms. The van der Waals surface area contributed by atoms with E-state index in [2.05, 4.69) is 137 Å². The fourth-order valence-corrected chi connectivity index (χ4v) is 16.2. The molecule has 0 aliphatic heterocycles. The van der Waals surface area contributed by atoms with Crippen molar-refractivity contribution < 1.29 is 20.8 Å². The van der Waals surface area contributed by atoms with E-state index in [0.717, 1.165) is 45.0 Å². The number of benzene rings is 4. The molecule has 8 saturated carbocycles. The van der Waals surface area contributed by atoms with E-state index in [1.54, 1.807) is 49.7 Å². The molecule has 8 fully saturated rings. The van der Waals surface area contributed by atoms with Crippen LogP contribution in [0.4, 0.5) is 0 Å². The van der Waals surface area contributed by atoms with Gasteiger partial charge in [-0.3, -0.25) is 0 Å². The molecule has 4 heteroatoms. The molecule has 0 nitrogen and oxygen atoms in total. The predicted octanol–water partition coefficient (Wildman–Crippen LogP) is 18.8. The van der Waals surface area contributed by atoms with E-state index in [0.29, 0.717) is 10.8 Å². The van der Waals surface area contributed by atoms with Crippen molar-refractivity contribution in [3.05, 3.63) is 131 Å². The van der Waals surface area contributed by atoms with Crippen molar-refractivity contribution in [2.24, 2.45) is 46.3 Å². The van der Waals surface area contributed by atoms with Crippen molar-refractivity contribution in [3.8, 4) is 22.3 Å². The summed E-state index contributed by atoms with van der Waals surface area (Å²) < 4.78 is 0. The van der Waals surface area contributed by atoms with E-state index >= 15 is 0 Å². The fraction of sp³-hybridized carbons (Fsp3) is 0.516. The summed E-state index contributed by atoms with van der Waals surface area (Å²) in [7, 11) is 11.0. The Morgan fingerprint density at radius 3 is 1.15 bits per heavy atom. The van der Waals surface area contributed by atoms with Crippen LogP contribution in [0, 0.1) is 46.3 Å². The van der Waals surface area contributed by atoms with Gasteiger partial charge >= 0.3 is 37.9 Å². The van der Waals surface area contributed by atoms with Crippen molar-refractivity contribution in [1.82, 2.24) is 0 Å². The zero-order valence-corrected chi connectivity index (χ0v) is 45.7. The summed E-state index contributed by atoms with van der Waals surface area (Å²) in [4.78, 5) is 0. The number of rotatable bonds is 12. The molecule has 0 atom stereocenters. The Bertz CT molecular complexity index is 2230. The normalized spacial score (nSPS) is 27.4. The van der Waals surface area contributed by atoms with E-state index in [1.165, 1.54) is 144 Å². The molecule has 8 aliphatic carbocycles. The summed E-state index contributed by atoms with van der Waals surface area (Å²) in [6, 6.07) is 43.8. The van der Waals surface area contributed by atoms with Gasteiger partial charge in [0.05, 0.1) is 0 Å². The summed E-state index contributed by atoms with van der Waals surface area (Å²) >= 11 is -0.826. The van der Waals surface area contributed by atoms with E-state index in [-0.39, 0.29) is 0 Å². The van der Waals surface area contributed by atoms with Gasteiger partial charge in [-0.1, -0.05) is 124 Å². The third-order valence-electron chi connectivity index (χ3n) is 17.2. The Balaban J connectivity index is 0.000000143. The molecule has 6 aromatic rings. The summed E-state index contributed by atoms with van der Waals surface area (Å²) in [5, 5.41) is 5.77. The summed E-state index contributed by atoms with van der Waals surface area (Å²) in [6.07, 6.45) is 27.1. The van der Waals surface area contributed by atoms with Crippen LogP contribution in [0.3, 0.4) is 0 Å². The Morgan fingerprint density at radius 2 is 0.864 bits per heavy atom. The van der Waals surface area contributed by atoms with Gasteiger partial charge < -0.3 is 0 Å². The first-order valence-corrected chi connectivity index (χ1v) is 34.4. The number of halogens is 2. The van der Waals surface area contributed by atoms with Gasteiger partial charge in [-0.25, -0.2) is 0 Å². The molecule has 0 heterocycles. The maximum absolute atomic E-state index is 4.93. The quantitative estimate of drug-likeness (QED) is 0.0847. The van der Waals surface area contributed by atoms with Crippen LogP contribution >= 0.6 is 17.0 Å². The molecular weight excluding hydrogens is 935 g/mol. The van der Waals surface area contributed by atoms with Crippen LogP contribution in [-0.2, 0) is 46.5 Å². The standard InChI is InChI=1S/2C29H33.C4H10Si.2ClH.Zr/c2*1-2-4-20-7-9-25(10-8-20)27-6-3-5-26-14-24(15-28(26)27)19-29-16-21-11-22(17-29)13-23(12-21)18-29;1-3-4-5-2;;;/h2*3,5-10,14-15,21-23H,2,4,11-13,16-19H2,1H3;3-4H2,1-2H3;2*1H;/q2*-1;;;;+4/p-2. The van der Waals surface area contributed by atoms with Gasteiger partial charge in [0.15, 0.2) is 0 Å². The molecule has 0 unspecified atom stereocenters. The van der Waals surface area contributed by atoms with Crippen molar-refractivity contribution in [1.29, 1.82) is 0 Å². The van der Waals surface area contributed by atoms with Crippen molar-refractivity contribution in [2.75, 3.05) is 0 Å². The zero-order chi connectivity index (χ0) is 45.7. The SMILES string of the molecule is CCC[Si]C.CCCc1ccc(-c2cccc3[cH-]c(CC45CC6CC(CC(C6)C4)C5)cc23)cc1.CCCc1ccc(-c2cccc3[cH-]c(CC45CC6CC(CC(C6)C4)C5)cc23)cc1.[Cl][Zr+2][Cl]. The van der Waals surface area contributed by atoms with Crippen molar-refractivity contribution in [2.45, 2.75) is 155 Å². The second-order valence-electron chi connectivity index (χ2n) is 22.6. The molecule has 0 N–H and O–H groups in total. The first kappa shape index (κ1) is 48.8. The Hall–Kier alpha value is -2.22. The second kappa shape index (κ2) is 22.2. The Labute approximate surface area is 421 Å². The zero-order valence-electron chi connectivity index (χ0n) is 40.8. The molecule has 14 rings (SSSR count). The average molecular weight is 1010 g/mol. The molecule has 346 valence electrons. The predicted molar refractivity (Wildman–Crippen MR) is 285 cm³/mol. The molecule has 0 spiro atoms. The first-order valence-electron chi connectivity index (χ1n) is 26.4. The summed E-state index contributed by atoms with van der Waals surface area (Å²) in [6.45, 7) is 8.97. The maximum atomic E-state index is 4.93. The number of hydrogen-bond acceptors (Lipinski definition) is 0. The van der Waals surface area contributed by atoms with Crippen LogP contribution < -0.4 is 0 Å². The van der Waals surface area contributed by atoms with Crippen LogP contribution in [0.1, 0.15) is 139 Å². The number of fused-ring (bicyclic) bond motifs is 2. The summed E-state index contributed by atoms with van der Waals surface area (Å²) in [5.41, 5.74) is 12.9. The van der Waals surface area contributed by atoms with Crippen molar-refractivity contribution in [3.63, 3.8) is 0 Å². The topological polar surface area (TPSA) is 0 Å².